The number of para-hydroxylation sites is 1. The van der Waals surface area contributed by atoms with Crippen LogP contribution in [0.4, 0.5) is 17.1 Å². The average molecular weight is 700 g/mol. The molecule has 0 aromatic heterocycles. The van der Waals surface area contributed by atoms with Gasteiger partial charge in [-0.3, -0.25) is 0 Å². The molecule has 0 bridgehead atoms. The summed E-state index contributed by atoms with van der Waals surface area (Å²) in [6.07, 6.45) is 7.64. The third kappa shape index (κ3) is 6.10. The largest absolute Gasteiger partial charge is 0.493 e. The Hall–Kier alpha value is -6.84. The number of methoxy groups -OCH3 is 1. The van der Waals surface area contributed by atoms with Crippen LogP contribution in [0, 0.1) is 0 Å². The van der Waals surface area contributed by atoms with Crippen LogP contribution in [0.2, 0.25) is 0 Å². The van der Waals surface area contributed by atoms with Crippen LogP contribution in [-0.4, -0.2) is 7.11 Å². The van der Waals surface area contributed by atoms with Gasteiger partial charge in [-0.1, -0.05) is 164 Å². The minimum atomic E-state index is -0.536. The summed E-state index contributed by atoms with van der Waals surface area (Å²) in [6, 6.07) is 62.9. The molecule has 1 aliphatic rings. The topological polar surface area (TPSA) is 21.7 Å². The third-order valence-corrected chi connectivity index (χ3v) is 10.2. The van der Waals surface area contributed by atoms with Gasteiger partial charge in [0, 0.05) is 17.3 Å². The highest BCUT2D eigenvalue weighted by molar-refractivity contribution is 5.92. The normalized spacial score (nSPS) is 12.7. The number of allylic oxidation sites excluding steroid dienone is 4. The van der Waals surface area contributed by atoms with Crippen molar-refractivity contribution in [1.82, 2.24) is 0 Å². The van der Waals surface area contributed by atoms with Crippen molar-refractivity contribution in [2.75, 3.05) is 12.0 Å². The molecule has 0 atom stereocenters. The second-order valence-corrected chi connectivity index (χ2v) is 13.3. The minimum absolute atomic E-state index is 0.516. The second kappa shape index (κ2) is 15.0. The van der Waals surface area contributed by atoms with Crippen LogP contribution in [0.15, 0.2) is 213 Å². The van der Waals surface area contributed by atoms with Gasteiger partial charge in [-0.2, -0.15) is 0 Å². The molecular weight excluding hydrogens is 659 g/mol. The maximum absolute atomic E-state index is 6.19. The molecule has 0 unspecified atom stereocenters. The summed E-state index contributed by atoms with van der Waals surface area (Å²) < 4.78 is 12.2. The van der Waals surface area contributed by atoms with E-state index >= 15 is 0 Å². The molecule has 1 aliphatic carbocycles. The van der Waals surface area contributed by atoms with Gasteiger partial charge in [0.2, 0.25) is 0 Å². The van der Waals surface area contributed by atoms with E-state index in [0.29, 0.717) is 17.3 Å². The van der Waals surface area contributed by atoms with E-state index in [1.54, 1.807) is 7.11 Å². The summed E-state index contributed by atoms with van der Waals surface area (Å²) >= 11 is 0. The Kier molecular flexibility index (Phi) is 9.53. The summed E-state index contributed by atoms with van der Waals surface area (Å²) in [5.74, 6) is 1.71. The van der Waals surface area contributed by atoms with Gasteiger partial charge in [-0.15, -0.1) is 0 Å². The van der Waals surface area contributed by atoms with E-state index in [9.17, 15) is 0 Å². The lowest BCUT2D eigenvalue weighted by Gasteiger charge is -2.35. The fourth-order valence-corrected chi connectivity index (χ4v) is 7.86. The number of benzene rings is 7. The van der Waals surface area contributed by atoms with Crippen LogP contribution in [0.3, 0.4) is 0 Å². The molecule has 0 radical (unpaired) electrons. The first kappa shape index (κ1) is 34.3. The predicted molar refractivity (Wildman–Crippen MR) is 224 cm³/mol. The minimum Gasteiger partial charge on any atom is -0.493 e. The zero-order valence-corrected chi connectivity index (χ0v) is 30.5. The molecule has 0 heterocycles. The number of anilines is 3. The summed E-state index contributed by atoms with van der Waals surface area (Å²) in [6.45, 7) is 6.07. The first-order chi connectivity index (χ1) is 26.6. The van der Waals surface area contributed by atoms with Gasteiger partial charge in [0.05, 0.1) is 23.9 Å². The first-order valence-electron chi connectivity index (χ1n) is 18.3. The molecule has 8 rings (SSSR count). The van der Waals surface area contributed by atoms with Crippen molar-refractivity contribution in [1.29, 1.82) is 0 Å². The fourth-order valence-electron chi connectivity index (χ4n) is 7.86. The summed E-state index contributed by atoms with van der Waals surface area (Å²) in [7, 11) is 1.67. The molecule has 7 aromatic rings. The summed E-state index contributed by atoms with van der Waals surface area (Å²) in [5, 5.41) is 0. The van der Waals surface area contributed by atoms with Gasteiger partial charge in [-0.05, 0) is 82.3 Å². The molecule has 0 spiro atoms. The molecule has 3 heteroatoms. The Bertz CT molecular complexity index is 2440. The van der Waals surface area contributed by atoms with E-state index in [0.717, 1.165) is 28.2 Å². The van der Waals surface area contributed by atoms with Gasteiger partial charge in [0.1, 0.15) is 5.76 Å². The van der Waals surface area contributed by atoms with Crippen molar-refractivity contribution in [3.63, 3.8) is 0 Å². The Labute approximate surface area is 318 Å². The van der Waals surface area contributed by atoms with E-state index < -0.39 is 5.41 Å². The molecule has 0 saturated heterocycles. The molecule has 262 valence electrons. The molecule has 0 saturated carbocycles. The van der Waals surface area contributed by atoms with E-state index in [1.165, 1.54) is 33.4 Å². The lowest BCUT2D eigenvalue weighted by atomic mass is 9.67. The standard InChI is InChI=1S/C51H41NO2/c1-4-5-9-20-37(2)54-49-34-32-42(36-50(49)53-3)52(48-30-19-17-27-43(48)38-21-10-6-11-22-38)41-31-33-45-44-28-16-18-29-46(44)51(47(45)35-41,39-23-12-7-13-24-39)40-25-14-8-15-26-40/h4-36H,2H2,1,3H3/b5-4-,20-9-. The molecule has 0 N–H and O–H groups in total. The number of hydrogen-bond donors (Lipinski definition) is 0. The smallest absolute Gasteiger partial charge is 0.169 e. The highest BCUT2D eigenvalue weighted by Gasteiger charge is 2.46. The highest BCUT2D eigenvalue weighted by atomic mass is 16.5. The number of nitrogens with zero attached hydrogens (tertiary/aromatic N) is 1. The summed E-state index contributed by atoms with van der Waals surface area (Å²) in [4.78, 5) is 2.33. The van der Waals surface area contributed by atoms with Gasteiger partial charge < -0.3 is 14.4 Å². The molecule has 7 aromatic carbocycles. The molecule has 3 nitrogen and oxygen atoms in total. The zero-order chi connectivity index (χ0) is 36.9. The van der Waals surface area contributed by atoms with Gasteiger partial charge >= 0.3 is 0 Å². The molecule has 0 fully saturated rings. The highest BCUT2D eigenvalue weighted by Crippen LogP contribution is 2.57. The molecular formula is C51H41NO2. The zero-order valence-electron chi connectivity index (χ0n) is 30.5. The van der Waals surface area contributed by atoms with Crippen molar-refractivity contribution in [2.24, 2.45) is 0 Å². The number of ether oxygens (including phenoxy) is 2. The van der Waals surface area contributed by atoms with Gasteiger partial charge in [0.15, 0.2) is 11.5 Å². The maximum Gasteiger partial charge on any atom is 0.169 e. The Morgan fingerprint density at radius 3 is 1.81 bits per heavy atom. The Morgan fingerprint density at radius 2 is 1.13 bits per heavy atom. The van der Waals surface area contributed by atoms with E-state index in [2.05, 4.69) is 175 Å². The SMILES string of the molecule is C=C(/C=C\C=C/C)Oc1ccc(N(c2ccc3c(c2)C(c2ccccc2)(c2ccccc2)c2ccccc2-3)c2ccccc2-c2ccccc2)cc1OC. The molecule has 54 heavy (non-hydrogen) atoms. The first-order valence-corrected chi connectivity index (χ1v) is 18.3. The Morgan fingerprint density at radius 1 is 0.556 bits per heavy atom. The second-order valence-electron chi connectivity index (χ2n) is 13.3. The van der Waals surface area contributed by atoms with E-state index in [-0.39, 0.29) is 0 Å². The monoisotopic (exact) mass is 699 g/mol. The van der Waals surface area contributed by atoms with Crippen molar-refractivity contribution >= 4 is 17.1 Å². The lowest BCUT2D eigenvalue weighted by molar-refractivity contribution is 0.368. The fraction of sp³-hybridized carbons (Fsp3) is 0.0588. The number of fused-ring (bicyclic) bond motifs is 3. The van der Waals surface area contributed by atoms with Crippen LogP contribution in [0.5, 0.6) is 11.5 Å². The quantitative estimate of drug-likeness (QED) is 0.0991. The lowest BCUT2D eigenvalue weighted by Crippen LogP contribution is -2.28. The third-order valence-electron chi connectivity index (χ3n) is 10.2. The van der Waals surface area contributed by atoms with Crippen LogP contribution in [-0.2, 0) is 5.41 Å². The summed E-state index contributed by atoms with van der Waals surface area (Å²) in [5.41, 5.74) is 12.1. The maximum atomic E-state index is 6.19. The van der Waals surface area contributed by atoms with Crippen molar-refractivity contribution in [3.8, 4) is 33.8 Å². The van der Waals surface area contributed by atoms with Crippen molar-refractivity contribution < 1.29 is 9.47 Å². The molecule has 0 aliphatic heterocycles. The van der Waals surface area contributed by atoms with Crippen LogP contribution in [0.25, 0.3) is 22.3 Å². The van der Waals surface area contributed by atoms with Crippen LogP contribution < -0.4 is 14.4 Å². The van der Waals surface area contributed by atoms with Crippen molar-refractivity contribution in [3.05, 3.63) is 235 Å². The number of hydrogen-bond acceptors (Lipinski definition) is 3. The molecule has 0 amide bonds. The van der Waals surface area contributed by atoms with Gasteiger partial charge in [0.25, 0.3) is 0 Å². The van der Waals surface area contributed by atoms with E-state index in [4.69, 9.17) is 9.47 Å². The predicted octanol–water partition coefficient (Wildman–Crippen LogP) is 13.2. The van der Waals surface area contributed by atoms with E-state index in [1.807, 2.05) is 43.4 Å². The van der Waals surface area contributed by atoms with Crippen molar-refractivity contribution in [2.45, 2.75) is 12.3 Å². The van der Waals surface area contributed by atoms with Gasteiger partial charge in [-0.25, -0.2) is 0 Å². The van der Waals surface area contributed by atoms with Crippen LogP contribution in [0.1, 0.15) is 29.2 Å². The van der Waals surface area contributed by atoms with Crippen LogP contribution >= 0.6 is 0 Å². The Balaban J connectivity index is 1.37. The number of rotatable bonds is 11. The average Bonchev–Trinajstić information content (AvgIpc) is 3.53.